The molecule has 0 saturated heterocycles. The van der Waals surface area contributed by atoms with Crippen LogP contribution in [0.25, 0.3) is 5.76 Å². The fraction of sp³-hybridized carbons (Fsp3) is 0.333. The lowest BCUT2D eigenvalue weighted by Crippen LogP contribution is -2.31. The molecule has 0 bridgehead atoms. The van der Waals surface area contributed by atoms with Crippen LogP contribution in [0.2, 0.25) is 0 Å². The van der Waals surface area contributed by atoms with E-state index in [0.717, 1.165) is 6.42 Å². The number of methoxy groups -OCH3 is 1. The van der Waals surface area contributed by atoms with Crippen LogP contribution in [-0.4, -0.2) is 25.3 Å². The van der Waals surface area contributed by atoms with Crippen LogP contribution in [0.1, 0.15) is 29.3 Å². The molecular formula is C15H14O4. The minimum atomic E-state index is -0.468. The number of Topliss-reactive ketones (excluding diaryl/α,β-unsaturated/α-hetero) is 2. The van der Waals surface area contributed by atoms with Gasteiger partial charge in [0.05, 0.1) is 13.7 Å². The summed E-state index contributed by atoms with van der Waals surface area (Å²) in [6, 6.07) is 5.16. The first-order chi connectivity index (χ1) is 9.13. The zero-order chi connectivity index (χ0) is 13.6. The Labute approximate surface area is 111 Å². The molecule has 4 nitrogen and oxygen atoms in total. The Balaban J connectivity index is 2.24. The number of rotatable bonds is 1. The summed E-state index contributed by atoms with van der Waals surface area (Å²) < 4.78 is 10.7. The molecule has 0 fully saturated rings. The number of allylic oxidation sites excluding steroid dienone is 1. The molecule has 1 aromatic carbocycles. The van der Waals surface area contributed by atoms with E-state index in [1.165, 1.54) is 7.11 Å². The first kappa shape index (κ1) is 12.0. The van der Waals surface area contributed by atoms with E-state index in [1.54, 1.807) is 18.2 Å². The smallest absolute Gasteiger partial charge is 0.234 e. The second kappa shape index (κ2) is 4.23. The second-order valence-electron chi connectivity index (χ2n) is 4.85. The molecule has 1 aromatic rings. The molecule has 0 spiro atoms. The van der Waals surface area contributed by atoms with Gasteiger partial charge in [0.25, 0.3) is 0 Å². The lowest BCUT2D eigenvalue weighted by Gasteiger charge is -2.29. The van der Waals surface area contributed by atoms with Gasteiger partial charge in [0.15, 0.2) is 0 Å². The number of carbonyl (C=O) groups is 2. The molecule has 4 heteroatoms. The SMILES string of the molecule is COc1ccc2c(c1)C(=O)C(=O)C1=C2OCCC1C. The van der Waals surface area contributed by atoms with Crippen LogP contribution in [0.4, 0.5) is 0 Å². The number of hydrogen-bond acceptors (Lipinski definition) is 4. The van der Waals surface area contributed by atoms with Crippen molar-refractivity contribution in [1.82, 2.24) is 0 Å². The van der Waals surface area contributed by atoms with E-state index in [-0.39, 0.29) is 5.92 Å². The number of benzene rings is 1. The Morgan fingerprint density at radius 1 is 1.21 bits per heavy atom. The summed E-state index contributed by atoms with van der Waals surface area (Å²) in [5, 5.41) is 0. The molecule has 0 N–H and O–H groups in total. The minimum Gasteiger partial charge on any atom is -0.497 e. The van der Waals surface area contributed by atoms with Crippen molar-refractivity contribution in [2.75, 3.05) is 13.7 Å². The van der Waals surface area contributed by atoms with Gasteiger partial charge in [0, 0.05) is 16.7 Å². The number of ketones is 2. The summed E-state index contributed by atoms with van der Waals surface area (Å²) in [6.07, 6.45) is 0.767. The topological polar surface area (TPSA) is 52.6 Å². The van der Waals surface area contributed by atoms with Gasteiger partial charge in [-0.1, -0.05) is 6.92 Å². The number of fused-ring (bicyclic) bond motifs is 2. The van der Waals surface area contributed by atoms with Crippen molar-refractivity contribution in [3.8, 4) is 5.75 Å². The number of hydrogen-bond donors (Lipinski definition) is 0. The van der Waals surface area contributed by atoms with Crippen LogP contribution in [0.3, 0.4) is 0 Å². The molecule has 1 unspecified atom stereocenters. The summed E-state index contributed by atoms with van der Waals surface area (Å²) in [7, 11) is 1.53. The van der Waals surface area contributed by atoms with Crippen molar-refractivity contribution in [2.24, 2.45) is 5.92 Å². The van der Waals surface area contributed by atoms with Crippen LogP contribution < -0.4 is 4.74 Å². The van der Waals surface area contributed by atoms with E-state index in [0.29, 0.717) is 34.8 Å². The van der Waals surface area contributed by atoms with Crippen LogP contribution in [-0.2, 0) is 9.53 Å². The summed E-state index contributed by atoms with van der Waals surface area (Å²) in [4.78, 5) is 24.4. The number of ether oxygens (including phenoxy) is 2. The van der Waals surface area contributed by atoms with E-state index in [4.69, 9.17) is 9.47 Å². The van der Waals surface area contributed by atoms with Gasteiger partial charge in [-0.2, -0.15) is 0 Å². The first-order valence-corrected chi connectivity index (χ1v) is 6.28. The van der Waals surface area contributed by atoms with E-state index >= 15 is 0 Å². The lowest BCUT2D eigenvalue weighted by molar-refractivity contribution is -0.112. The zero-order valence-corrected chi connectivity index (χ0v) is 10.9. The quantitative estimate of drug-likeness (QED) is 0.725. The summed E-state index contributed by atoms with van der Waals surface area (Å²) >= 11 is 0. The van der Waals surface area contributed by atoms with Gasteiger partial charge in [0.2, 0.25) is 11.6 Å². The average Bonchev–Trinajstić information content (AvgIpc) is 2.44. The maximum atomic E-state index is 12.2. The van der Waals surface area contributed by atoms with Gasteiger partial charge in [-0.15, -0.1) is 0 Å². The van der Waals surface area contributed by atoms with Gasteiger partial charge in [-0.05, 0) is 30.5 Å². The minimum absolute atomic E-state index is 0.0652. The van der Waals surface area contributed by atoms with Crippen LogP contribution in [0, 0.1) is 5.92 Å². The molecule has 2 aliphatic rings. The zero-order valence-electron chi connectivity index (χ0n) is 10.9. The van der Waals surface area contributed by atoms with Crippen molar-refractivity contribution in [1.29, 1.82) is 0 Å². The Bertz CT molecular complexity index is 613. The Morgan fingerprint density at radius 3 is 2.74 bits per heavy atom. The van der Waals surface area contributed by atoms with Crippen LogP contribution in [0.5, 0.6) is 5.75 Å². The van der Waals surface area contributed by atoms with Crippen molar-refractivity contribution >= 4 is 17.3 Å². The Kier molecular flexibility index (Phi) is 2.66. The number of carbonyl (C=O) groups excluding carboxylic acids is 2. The third-order valence-corrected chi connectivity index (χ3v) is 3.70. The lowest BCUT2D eigenvalue weighted by atomic mass is 9.81. The molecule has 0 aromatic heterocycles. The Hall–Kier alpha value is -2.10. The fourth-order valence-electron chi connectivity index (χ4n) is 2.61. The predicted molar refractivity (Wildman–Crippen MR) is 69.0 cm³/mol. The molecule has 1 atom stereocenters. The normalized spacial score (nSPS) is 21.7. The molecule has 0 radical (unpaired) electrons. The predicted octanol–water partition coefficient (Wildman–Crippen LogP) is 2.23. The first-order valence-electron chi connectivity index (χ1n) is 6.28. The Morgan fingerprint density at radius 2 is 2.00 bits per heavy atom. The van der Waals surface area contributed by atoms with Crippen molar-refractivity contribution in [2.45, 2.75) is 13.3 Å². The molecular weight excluding hydrogens is 244 g/mol. The summed E-state index contributed by atoms with van der Waals surface area (Å²) in [6.45, 7) is 2.53. The molecule has 0 amide bonds. The summed E-state index contributed by atoms with van der Waals surface area (Å²) in [5.74, 6) is 0.289. The van der Waals surface area contributed by atoms with Gasteiger partial charge < -0.3 is 9.47 Å². The molecule has 1 aliphatic carbocycles. The molecule has 0 saturated carbocycles. The highest BCUT2D eigenvalue weighted by atomic mass is 16.5. The highest BCUT2D eigenvalue weighted by molar-refractivity contribution is 6.52. The fourth-order valence-corrected chi connectivity index (χ4v) is 2.61. The molecule has 1 heterocycles. The monoisotopic (exact) mass is 258 g/mol. The molecule has 98 valence electrons. The second-order valence-corrected chi connectivity index (χ2v) is 4.85. The van der Waals surface area contributed by atoms with Crippen molar-refractivity contribution in [3.05, 3.63) is 34.9 Å². The van der Waals surface area contributed by atoms with Crippen molar-refractivity contribution < 1.29 is 19.1 Å². The maximum absolute atomic E-state index is 12.2. The highest BCUT2D eigenvalue weighted by Crippen LogP contribution is 2.39. The van der Waals surface area contributed by atoms with E-state index < -0.39 is 11.6 Å². The van der Waals surface area contributed by atoms with Crippen molar-refractivity contribution in [3.63, 3.8) is 0 Å². The molecule has 19 heavy (non-hydrogen) atoms. The summed E-state index contributed by atoms with van der Waals surface area (Å²) in [5.41, 5.74) is 1.60. The highest BCUT2D eigenvalue weighted by Gasteiger charge is 2.38. The van der Waals surface area contributed by atoms with E-state index in [9.17, 15) is 9.59 Å². The third kappa shape index (κ3) is 1.67. The van der Waals surface area contributed by atoms with Gasteiger partial charge in [-0.25, -0.2) is 0 Å². The largest absolute Gasteiger partial charge is 0.497 e. The van der Waals surface area contributed by atoms with Crippen LogP contribution in [0.15, 0.2) is 23.8 Å². The average molecular weight is 258 g/mol. The maximum Gasteiger partial charge on any atom is 0.234 e. The van der Waals surface area contributed by atoms with Gasteiger partial charge >= 0.3 is 0 Å². The van der Waals surface area contributed by atoms with E-state index in [2.05, 4.69) is 0 Å². The standard InChI is InChI=1S/C15H14O4/c1-8-5-6-19-15-10-4-3-9(18-2)7-11(10)13(16)14(17)12(8)15/h3-4,7-8H,5-6H2,1-2H3. The van der Waals surface area contributed by atoms with Gasteiger partial charge in [-0.3, -0.25) is 9.59 Å². The molecule has 3 rings (SSSR count). The molecule has 1 aliphatic heterocycles. The van der Waals surface area contributed by atoms with Gasteiger partial charge in [0.1, 0.15) is 11.5 Å². The van der Waals surface area contributed by atoms with E-state index in [1.807, 2.05) is 6.92 Å². The van der Waals surface area contributed by atoms with Crippen LogP contribution >= 0.6 is 0 Å². The third-order valence-electron chi connectivity index (χ3n) is 3.70.